The van der Waals surface area contributed by atoms with Crippen molar-refractivity contribution >= 4 is 29.1 Å². The van der Waals surface area contributed by atoms with Gasteiger partial charge < -0.3 is 0 Å². The summed E-state index contributed by atoms with van der Waals surface area (Å²) in [6.07, 6.45) is 0. The first-order valence-corrected chi connectivity index (χ1v) is 7.25. The zero-order chi connectivity index (χ0) is 12.7. The van der Waals surface area contributed by atoms with Crippen molar-refractivity contribution in [2.75, 3.05) is 17.3 Å². The Hall–Kier alpha value is -1.13. The lowest BCUT2D eigenvalue weighted by molar-refractivity contribution is 0.620. The third kappa shape index (κ3) is 1.89. The highest BCUT2D eigenvalue weighted by Crippen LogP contribution is 2.30. The van der Waals surface area contributed by atoms with Gasteiger partial charge >= 0.3 is 0 Å². The number of halogens is 1. The number of aromatic nitrogens is 2. The molecule has 0 N–H and O–H groups in total. The summed E-state index contributed by atoms with van der Waals surface area (Å²) >= 11 is 7.75. The van der Waals surface area contributed by atoms with Gasteiger partial charge in [-0.15, -0.1) is 0 Å². The summed E-state index contributed by atoms with van der Waals surface area (Å²) in [5, 5.41) is 4.10. The molecule has 0 fully saturated rings. The molecule has 1 aromatic heterocycles. The molecule has 3 nitrogen and oxygen atoms in total. The number of rotatable bonds is 1. The van der Waals surface area contributed by atoms with Gasteiger partial charge in [0.1, 0.15) is 0 Å². The van der Waals surface area contributed by atoms with Crippen LogP contribution in [0.4, 0.5) is 5.69 Å². The third-order valence-corrected chi connectivity index (χ3v) is 4.35. The largest absolute Gasteiger partial charge is 0.278 e. The predicted molar refractivity (Wildman–Crippen MR) is 76.6 cm³/mol. The molecule has 1 aliphatic heterocycles. The number of imidazole rings is 1. The molecule has 0 amide bonds. The molecular weight excluding hydrogens is 266 g/mol. The second-order valence-electron chi connectivity index (χ2n) is 4.33. The molecule has 0 radical (unpaired) electrons. The number of nitrogens with zero attached hydrogens (tertiary/aromatic N) is 3. The van der Waals surface area contributed by atoms with E-state index >= 15 is 0 Å². The lowest BCUT2D eigenvalue weighted by atomic mass is 10.3. The first-order valence-electron chi connectivity index (χ1n) is 5.89. The van der Waals surface area contributed by atoms with E-state index in [1.54, 1.807) is 0 Å². The molecule has 0 saturated carbocycles. The molecule has 0 saturated heterocycles. The van der Waals surface area contributed by atoms with Crippen molar-refractivity contribution < 1.29 is 0 Å². The number of anilines is 1. The molecule has 0 spiro atoms. The normalized spacial score (nSPS) is 14.7. The Bertz CT molecular complexity index is 577. The van der Waals surface area contributed by atoms with Crippen molar-refractivity contribution in [2.24, 2.45) is 0 Å². The number of thioether (sulfide) groups is 1. The second-order valence-corrected chi connectivity index (χ2v) is 5.82. The van der Waals surface area contributed by atoms with Crippen LogP contribution in [0.5, 0.6) is 0 Å². The van der Waals surface area contributed by atoms with Crippen molar-refractivity contribution in [1.82, 2.24) is 9.66 Å². The molecule has 0 bridgehead atoms. The Balaban J connectivity index is 2.08. The van der Waals surface area contributed by atoms with Crippen LogP contribution >= 0.6 is 23.4 Å². The smallest absolute Gasteiger partial charge is 0.187 e. The standard InChI is InChI=1S/C13H14ClN3S/c1-9-10(2)17-13(15-9)18-8-7-16(17)12-5-3-11(14)4-6-12/h3-6H,7-8H2,1-2H3. The van der Waals surface area contributed by atoms with E-state index in [0.717, 1.165) is 33.9 Å². The van der Waals surface area contributed by atoms with E-state index in [2.05, 4.69) is 40.6 Å². The molecule has 3 rings (SSSR count). The molecule has 1 aliphatic rings. The van der Waals surface area contributed by atoms with Gasteiger partial charge in [-0.05, 0) is 38.1 Å². The van der Waals surface area contributed by atoms with E-state index in [9.17, 15) is 0 Å². The Kier molecular flexibility index (Phi) is 2.99. The SMILES string of the molecule is Cc1nc2n(c1C)N(c1ccc(Cl)cc1)CCS2. The molecule has 5 heteroatoms. The summed E-state index contributed by atoms with van der Waals surface area (Å²) in [4.78, 5) is 4.60. The van der Waals surface area contributed by atoms with Gasteiger partial charge in [0.25, 0.3) is 0 Å². The molecule has 2 heterocycles. The Morgan fingerprint density at radius 2 is 1.94 bits per heavy atom. The quantitative estimate of drug-likeness (QED) is 0.797. The van der Waals surface area contributed by atoms with Gasteiger partial charge in [-0.25, -0.2) is 9.66 Å². The maximum atomic E-state index is 5.94. The minimum atomic E-state index is 0.767. The number of aryl methyl sites for hydroxylation is 1. The van der Waals surface area contributed by atoms with Crippen molar-refractivity contribution in [1.29, 1.82) is 0 Å². The Morgan fingerprint density at radius 3 is 2.67 bits per heavy atom. The van der Waals surface area contributed by atoms with Crippen LogP contribution in [0.15, 0.2) is 29.4 Å². The number of fused-ring (bicyclic) bond motifs is 1. The van der Waals surface area contributed by atoms with Gasteiger partial charge in [0, 0.05) is 17.3 Å². The minimum Gasteiger partial charge on any atom is -0.278 e. The van der Waals surface area contributed by atoms with E-state index in [-0.39, 0.29) is 0 Å². The topological polar surface area (TPSA) is 21.1 Å². The molecule has 0 unspecified atom stereocenters. The molecule has 0 aliphatic carbocycles. The fourth-order valence-electron chi connectivity index (χ4n) is 2.13. The fraction of sp³-hybridized carbons (Fsp3) is 0.308. The Labute approximate surface area is 116 Å². The van der Waals surface area contributed by atoms with Crippen molar-refractivity contribution in [2.45, 2.75) is 19.0 Å². The molecule has 1 aromatic carbocycles. The van der Waals surface area contributed by atoms with Crippen molar-refractivity contribution in [3.05, 3.63) is 40.7 Å². The highest BCUT2D eigenvalue weighted by atomic mass is 35.5. The summed E-state index contributed by atoms with van der Waals surface area (Å²) in [7, 11) is 0. The highest BCUT2D eigenvalue weighted by molar-refractivity contribution is 7.99. The lowest BCUT2D eigenvalue weighted by Gasteiger charge is -2.31. The van der Waals surface area contributed by atoms with Crippen LogP contribution in [-0.4, -0.2) is 22.0 Å². The average Bonchev–Trinajstić information content (AvgIpc) is 2.66. The van der Waals surface area contributed by atoms with E-state index in [1.165, 1.54) is 5.69 Å². The van der Waals surface area contributed by atoms with E-state index in [4.69, 9.17) is 11.6 Å². The molecule has 18 heavy (non-hydrogen) atoms. The van der Waals surface area contributed by atoms with Crippen molar-refractivity contribution in [3.8, 4) is 0 Å². The summed E-state index contributed by atoms with van der Waals surface area (Å²) < 4.78 is 2.20. The van der Waals surface area contributed by atoms with E-state index in [1.807, 2.05) is 23.9 Å². The van der Waals surface area contributed by atoms with Gasteiger partial charge in [0.15, 0.2) is 5.16 Å². The van der Waals surface area contributed by atoms with Crippen LogP contribution in [0.1, 0.15) is 11.4 Å². The monoisotopic (exact) mass is 279 g/mol. The van der Waals surface area contributed by atoms with Gasteiger partial charge in [-0.2, -0.15) is 0 Å². The lowest BCUT2D eigenvalue weighted by Crippen LogP contribution is -2.36. The predicted octanol–water partition coefficient (Wildman–Crippen LogP) is 3.53. The highest BCUT2D eigenvalue weighted by Gasteiger charge is 2.22. The summed E-state index contributed by atoms with van der Waals surface area (Å²) in [5.41, 5.74) is 3.45. The van der Waals surface area contributed by atoms with Crippen LogP contribution in [0.3, 0.4) is 0 Å². The number of hydrogen-bond acceptors (Lipinski definition) is 3. The second kappa shape index (κ2) is 4.52. The average molecular weight is 280 g/mol. The van der Waals surface area contributed by atoms with Crippen LogP contribution in [0.2, 0.25) is 5.02 Å². The van der Waals surface area contributed by atoms with Gasteiger partial charge in [0.05, 0.1) is 17.1 Å². The summed E-state index contributed by atoms with van der Waals surface area (Å²) in [5.74, 6) is 1.05. The summed E-state index contributed by atoms with van der Waals surface area (Å²) in [6.45, 7) is 5.15. The van der Waals surface area contributed by atoms with Gasteiger partial charge in [-0.1, -0.05) is 23.4 Å². The maximum absolute atomic E-state index is 5.94. The van der Waals surface area contributed by atoms with Crippen LogP contribution in [0.25, 0.3) is 0 Å². The molecule has 94 valence electrons. The third-order valence-electron chi connectivity index (χ3n) is 3.19. The first-order chi connectivity index (χ1) is 8.66. The zero-order valence-corrected chi connectivity index (χ0v) is 11.9. The minimum absolute atomic E-state index is 0.767. The molecular formula is C13H14ClN3S. The molecule has 2 aromatic rings. The van der Waals surface area contributed by atoms with Crippen LogP contribution in [0, 0.1) is 13.8 Å². The van der Waals surface area contributed by atoms with Gasteiger partial charge in [-0.3, -0.25) is 5.01 Å². The van der Waals surface area contributed by atoms with Crippen molar-refractivity contribution in [3.63, 3.8) is 0 Å². The van der Waals surface area contributed by atoms with E-state index in [0.29, 0.717) is 0 Å². The van der Waals surface area contributed by atoms with E-state index < -0.39 is 0 Å². The first kappa shape index (κ1) is 11.9. The fourth-order valence-corrected chi connectivity index (χ4v) is 3.26. The molecule has 0 atom stereocenters. The van der Waals surface area contributed by atoms with Crippen LogP contribution in [-0.2, 0) is 0 Å². The van der Waals surface area contributed by atoms with Crippen LogP contribution < -0.4 is 5.01 Å². The zero-order valence-electron chi connectivity index (χ0n) is 10.4. The number of hydrogen-bond donors (Lipinski definition) is 0. The van der Waals surface area contributed by atoms with Gasteiger partial charge in [0.2, 0.25) is 0 Å². The Morgan fingerprint density at radius 1 is 1.22 bits per heavy atom. The number of benzene rings is 1. The summed E-state index contributed by atoms with van der Waals surface area (Å²) in [6, 6.07) is 7.96. The maximum Gasteiger partial charge on any atom is 0.187 e.